The first-order valence-electron chi connectivity index (χ1n) is 12.1. The van der Waals surface area contributed by atoms with Crippen LogP contribution in [0, 0.1) is 11.8 Å². The van der Waals surface area contributed by atoms with E-state index >= 15 is 0 Å². The summed E-state index contributed by atoms with van der Waals surface area (Å²) in [7, 11) is 0. The summed E-state index contributed by atoms with van der Waals surface area (Å²) in [6.45, 7) is 12.7. The van der Waals surface area contributed by atoms with Crippen molar-refractivity contribution in [3.63, 3.8) is 0 Å². The van der Waals surface area contributed by atoms with Gasteiger partial charge >= 0.3 is 0 Å². The van der Waals surface area contributed by atoms with E-state index in [9.17, 15) is 4.79 Å². The number of hydrogen-bond donors (Lipinski definition) is 1. The van der Waals surface area contributed by atoms with Crippen LogP contribution in [0.5, 0.6) is 0 Å². The molecule has 0 spiro atoms. The Balaban J connectivity index is 1.45. The molecule has 1 N–H and O–H groups in total. The van der Waals surface area contributed by atoms with E-state index in [-0.39, 0.29) is 5.91 Å². The molecule has 5 heteroatoms. The van der Waals surface area contributed by atoms with Crippen LogP contribution in [-0.4, -0.2) is 74.2 Å². The minimum atomic E-state index is 0.239. The lowest BCUT2D eigenvalue weighted by Crippen LogP contribution is -2.54. The van der Waals surface area contributed by atoms with Crippen LogP contribution in [0.25, 0.3) is 0 Å². The maximum Gasteiger partial charge on any atom is 0.220 e. The lowest BCUT2D eigenvalue weighted by Gasteiger charge is -2.45. The molecule has 0 bridgehead atoms. The normalized spacial score (nSPS) is 27.1. The molecule has 0 aromatic carbocycles. The van der Waals surface area contributed by atoms with Crippen LogP contribution in [-0.2, 0) is 9.53 Å². The topological polar surface area (TPSA) is 44.8 Å². The first-order chi connectivity index (χ1) is 14.1. The summed E-state index contributed by atoms with van der Waals surface area (Å²) in [5.74, 6) is 1.53. The summed E-state index contributed by atoms with van der Waals surface area (Å²) in [6.07, 6.45) is 11.4. The van der Waals surface area contributed by atoms with Crippen LogP contribution < -0.4 is 5.32 Å². The number of rotatable bonds is 9. The zero-order valence-corrected chi connectivity index (χ0v) is 18.8. The Morgan fingerprint density at radius 2 is 2.07 bits per heavy atom. The van der Waals surface area contributed by atoms with Gasteiger partial charge in [-0.1, -0.05) is 25.5 Å². The van der Waals surface area contributed by atoms with Gasteiger partial charge in [-0.15, -0.1) is 0 Å². The highest BCUT2D eigenvalue weighted by atomic mass is 16.5. The molecule has 1 aliphatic carbocycles. The van der Waals surface area contributed by atoms with Crippen LogP contribution in [0.3, 0.4) is 0 Å². The molecule has 166 valence electrons. The second-order valence-electron chi connectivity index (χ2n) is 9.66. The summed E-state index contributed by atoms with van der Waals surface area (Å²) >= 11 is 0. The van der Waals surface area contributed by atoms with E-state index in [2.05, 4.69) is 35.0 Å². The fraction of sp³-hybridized carbons (Fsp3) is 0.875. The number of amides is 1. The molecular weight excluding hydrogens is 362 g/mol. The monoisotopic (exact) mass is 405 g/mol. The number of ether oxygens (including phenoxy) is 1. The largest absolute Gasteiger partial charge is 0.379 e. The Morgan fingerprint density at radius 3 is 2.79 bits per heavy atom. The highest BCUT2D eigenvalue weighted by Gasteiger charge is 2.34. The fourth-order valence-electron chi connectivity index (χ4n) is 5.35. The maximum absolute atomic E-state index is 12.5. The zero-order valence-electron chi connectivity index (χ0n) is 18.8. The Labute approximate surface area is 178 Å². The van der Waals surface area contributed by atoms with Crippen molar-refractivity contribution in [3.8, 4) is 0 Å². The number of nitrogens with one attached hydrogen (secondary N) is 1. The molecule has 2 fully saturated rings. The molecule has 2 atom stereocenters. The quantitative estimate of drug-likeness (QED) is 0.597. The third kappa shape index (κ3) is 7.69. The first-order valence-corrected chi connectivity index (χ1v) is 12.1. The fourth-order valence-corrected chi connectivity index (χ4v) is 5.35. The maximum atomic E-state index is 12.5. The molecular formula is C24H43N3O2. The number of nitrogens with zero attached hydrogens (tertiary/aromatic N) is 2. The van der Waals surface area contributed by atoms with E-state index < -0.39 is 0 Å². The molecule has 1 amide bonds. The molecule has 0 unspecified atom stereocenters. The van der Waals surface area contributed by atoms with Gasteiger partial charge in [-0.25, -0.2) is 0 Å². The summed E-state index contributed by atoms with van der Waals surface area (Å²) in [5.41, 5.74) is 1.54. The predicted molar refractivity (Wildman–Crippen MR) is 119 cm³/mol. The Morgan fingerprint density at radius 1 is 1.24 bits per heavy atom. The molecule has 0 aromatic rings. The second-order valence-corrected chi connectivity index (χ2v) is 9.66. The van der Waals surface area contributed by atoms with E-state index in [0.29, 0.717) is 24.3 Å². The third-order valence-corrected chi connectivity index (χ3v) is 6.81. The van der Waals surface area contributed by atoms with Gasteiger partial charge in [0.15, 0.2) is 0 Å². The smallest absolute Gasteiger partial charge is 0.220 e. The standard InChI is InChI=1S/C24H43N3O2/c1-20(2)18-26-13-11-23(27-14-16-29-17-15-27)22(19-26)8-9-24(28)25-12-10-21-6-4-3-5-7-21/h6,20,22-23H,3-5,7-19H2,1-2H3,(H,25,28)/t22-,23+/m1/s1. The average molecular weight is 406 g/mol. The van der Waals surface area contributed by atoms with Crippen molar-refractivity contribution >= 4 is 5.91 Å². The van der Waals surface area contributed by atoms with Gasteiger partial charge in [0.25, 0.3) is 0 Å². The van der Waals surface area contributed by atoms with Gasteiger partial charge in [-0.2, -0.15) is 0 Å². The summed E-state index contributed by atoms with van der Waals surface area (Å²) in [5, 5.41) is 3.18. The summed E-state index contributed by atoms with van der Waals surface area (Å²) in [6, 6.07) is 0.613. The van der Waals surface area contributed by atoms with Gasteiger partial charge in [0.2, 0.25) is 5.91 Å². The van der Waals surface area contributed by atoms with E-state index in [1.165, 1.54) is 45.2 Å². The number of allylic oxidation sites excluding steroid dienone is 1. The van der Waals surface area contributed by atoms with Gasteiger partial charge in [0.05, 0.1) is 13.2 Å². The molecule has 3 aliphatic rings. The summed E-state index contributed by atoms with van der Waals surface area (Å²) < 4.78 is 5.57. The van der Waals surface area contributed by atoms with Crippen molar-refractivity contribution in [2.75, 3.05) is 52.5 Å². The minimum Gasteiger partial charge on any atom is -0.379 e. The van der Waals surface area contributed by atoms with Crippen LogP contribution in [0.1, 0.15) is 65.2 Å². The van der Waals surface area contributed by atoms with Crippen LogP contribution in [0.15, 0.2) is 11.6 Å². The number of hydrogen-bond acceptors (Lipinski definition) is 4. The highest BCUT2D eigenvalue weighted by Crippen LogP contribution is 2.27. The summed E-state index contributed by atoms with van der Waals surface area (Å²) in [4.78, 5) is 17.7. The Bertz CT molecular complexity index is 528. The molecule has 0 saturated carbocycles. The van der Waals surface area contributed by atoms with Gasteiger partial charge in [0.1, 0.15) is 0 Å². The number of morpholine rings is 1. The van der Waals surface area contributed by atoms with Gasteiger partial charge in [-0.05, 0) is 63.3 Å². The number of carbonyl (C=O) groups excluding carboxylic acids is 1. The zero-order chi connectivity index (χ0) is 20.5. The number of carbonyl (C=O) groups is 1. The molecule has 0 aromatic heterocycles. The van der Waals surface area contributed by atoms with E-state index in [1.807, 2.05) is 0 Å². The van der Waals surface area contributed by atoms with E-state index in [1.54, 1.807) is 5.57 Å². The van der Waals surface area contributed by atoms with Crippen LogP contribution >= 0.6 is 0 Å². The minimum absolute atomic E-state index is 0.239. The van der Waals surface area contributed by atoms with Gasteiger partial charge in [-0.3, -0.25) is 9.69 Å². The number of likely N-dealkylation sites (tertiary alicyclic amines) is 1. The van der Waals surface area contributed by atoms with Crippen molar-refractivity contribution in [2.24, 2.45) is 11.8 Å². The van der Waals surface area contributed by atoms with Crippen molar-refractivity contribution in [2.45, 2.75) is 71.3 Å². The molecule has 2 saturated heterocycles. The van der Waals surface area contributed by atoms with Gasteiger partial charge < -0.3 is 15.0 Å². The predicted octanol–water partition coefficient (Wildman–Crippen LogP) is 3.45. The van der Waals surface area contributed by atoms with Crippen molar-refractivity contribution < 1.29 is 9.53 Å². The van der Waals surface area contributed by atoms with E-state index in [0.717, 1.165) is 52.2 Å². The van der Waals surface area contributed by atoms with E-state index in [4.69, 9.17) is 4.74 Å². The highest BCUT2D eigenvalue weighted by molar-refractivity contribution is 5.75. The molecule has 2 heterocycles. The molecule has 2 aliphatic heterocycles. The van der Waals surface area contributed by atoms with Gasteiger partial charge in [0, 0.05) is 45.2 Å². The Kier molecular flexibility index (Phi) is 9.47. The molecule has 0 radical (unpaired) electrons. The second kappa shape index (κ2) is 12.1. The SMILES string of the molecule is CC(C)CN1CC[C@H](N2CCOCC2)[C@H](CCC(=O)NCCC2=CCCCC2)C1. The molecule has 5 nitrogen and oxygen atoms in total. The van der Waals surface area contributed by atoms with Crippen molar-refractivity contribution in [3.05, 3.63) is 11.6 Å². The lowest BCUT2D eigenvalue weighted by molar-refractivity contribution is -0.121. The molecule has 3 rings (SSSR count). The van der Waals surface area contributed by atoms with Crippen LogP contribution in [0.4, 0.5) is 0 Å². The van der Waals surface area contributed by atoms with Crippen molar-refractivity contribution in [1.82, 2.24) is 15.1 Å². The van der Waals surface area contributed by atoms with Crippen molar-refractivity contribution in [1.29, 1.82) is 0 Å². The van der Waals surface area contributed by atoms with Crippen LogP contribution in [0.2, 0.25) is 0 Å². The average Bonchev–Trinajstić information content (AvgIpc) is 2.73. The number of piperidine rings is 1. The molecule has 29 heavy (non-hydrogen) atoms. The first kappa shape index (κ1) is 22.8. The lowest BCUT2D eigenvalue weighted by atomic mass is 9.86. The Hall–Kier alpha value is -0.910. The third-order valence-electron chi connectivity index (χ3n) is 6.81.